The quantitative estimate of drug-likeness (QED) is 0.772. The summed E-state index contributed by atoms with van der Waals surface area (Å²) >= 11 is 0. The molecule has 0 spiro atoms. The Morgan fingerprint density at radius 3 is 2.47 bits per heavy atom. The molecule has 1 atom stereocenters. The molecule has 102 valence electrons. The summed E-state index contributed by atoms with van der Waals surface area (Å²) in [7, 11) is 4.01. The van der Waals surface area contributed by atoms with Crippen molar-refractivity contribution in [3.8, 4) is 0 Å². The Morgan fingerprint density at radius 2 is 1.94 bits per heavy atom. The topological polar surface area (TPSA) is 24.5 Å². The van der Waals surface area contributed by atoms with E-state index in [1.165, 1.54) is 25.9 Å². The van der Waals surface area contributed by atoms with Crippen LogP contribution in [0.3, 0.4) is 0 Å². The number of nitrogens with zero attached hydrogens (tertiary/aromatic N) is 1. The molecular weight excluding hydrogens is 212 g/mol. The first-order valence-electron chi connectivity index (χ1n) is 6.90. The number of ether oxygens (including phenoxy) is 1. The molecule has 0 saturated carbocycles. The van der Waals surface area contributed by atoms with Gasteiger partial charge in [-0.05, 0) is 72.6 Å². The molecule has 1 fully saturated rings. The van der Waals surface area contributed by atoms with E-state index in [9.17, 15) is 0 Å². The highest BCUT2D eigenvalue weighted by Gasteiger charge is 2.21. The number of likely N-dealkylation sites (tertiary alicyclic amines) is 1. The van der Waals surface area contributed by atoms with Gasteiger partial charge < -0.3 is 15.0 Å². The van der Waals surface area contributed by atoms with Crippen molar-refractivity contribution >= 4 is 0 Å². The van der Waals surface area contributed by atoms with E-state index in [2.05, 4.69) is 38.0 Å². The van der Waals surface area contributed by atoms with E-state index in [1.54, 1.807) is 7.11 Å². The molecule has 1 aliphatic rings. The van der Waals surface area contributed by atoms with Crippen LogP contribution in [0.4, 0.5) is 0 Å². The van der Waals surface area contributed by atoms with Crippen molar-refractivity contribution in [3.63, 3.8) is 0 Å². The van der Waals surface area contributed by atoms with Crippen LogP contribution >= 0.6 is 0 Å². The van der Waals surface area contributed by atoms with Crippen molar-refractivity contribution in [1.29, 1.82) is 0 Å². The number of piperidine rings is 1. The van der Waals surface area contributed by atoms with Crippen LogP contribution in [0, 0.1) is 5.92 Å². The van der Waals surface area contributed by atoms with Gasteiger partial charge in [-0.15, -0.1) is 0 Å². The molecule has 1 heterocycles. The van der Waals surface area contributed by atoms with E-state index in [4.69, 9.17) is 4.74 Å². The summed E-state index contributed by atoms with van der Waals surface area (Å²) in [6.07, 6.45) is 3.74. The molecule has 0 bridgehead atoms. The lowest BCUT2D eigenvalue weighted by molar-refractivity contribution is 0.00810. The average molecular weight is 242 g/mol. The van der Waals surface area contributed by atoms with Crippen LogP contribution in [0.15, 0.2) is 0 Å². The SMILES string of the molecule is COC(C)(C)CC(C)NCC1CCN(C)CC1. The molecule has 1 unspecified atom stereocenters. The molecular formula is C14H30N2O. The standard InChI is InChI=1S/C14H30N2O/c1-12(10-14(2,3)17-5)15-11-13-6-8-16(4)9-7-13/h12-13,15H,6-11H2,1-5H3. The van der Waals surface area contributed by atoms with Gasteiger partial charge in [-0.2, -0.15) is 0 Å². The third-order valence-electron chi connectivity index (χ3n) is 3.94. The highest BCUT2D eigenvalue weighted by atomic mass is 16.5. The minimum atomic E-state index is -0.0147. The Balaban J connectivity index is 2.17. The fourth-order valence-corrected chi connectivity index (χ4v) is 2.53. The second-order valence-corrected chi connectivity index (χ2v) is 6.22. The van der Waals surface area contributed by atoms with Crippen molar-refractivity contribution in [2.24, 2.45) is 5.92 Å². The summed E-state index contributed by atoms with van der Waals surface area (Å²) in [5.41, 5.74) is -0.0147. The summed E-state index contributed by atoms with van der Waals surface area (Å²) in [5, 5.41) is 3.66. The summed E-state index contributed by atoms with van der Waals surface area (Å²) in [6, 6.07) is 0.532. The summed E-state index contributed by atoms with van der Waals surface area (Å²) in [6.45, 7) is 10.2. The smallest absolute Gasteiger partial charge is 0.0637 e. The monoisotopic (exact) mass is 242 g/mol. The lowest BCUT2D eigenvalue weighted by Gasteiger charge is -2.31. The normalized spacial score (nSPS) is 21.7. The second-order valence-electron chi connectivity index (χ2n) is 6.22. The van der Waals surface area contributed by atoms with Gasteiger partial charge in [-0.1, -0.05) is 0 Å². The Labute approximate surface area is 107 Å². The Hall–Kier alpha value is -0.120. The van der Waals surface area contributed by atoms with Gasteiger partial charge in [-0.3, -0.25) is 0 Å². The molecule has 3 heteroatoms. The minimum Gasteiger partial charge on any atom is -0.379 e. The average Bonchev–Trinajstić information content (AvgIpc) is 2.28. The van der Waals surface area contributed by atoms with E-state index >= 15 is 0 Å². The molecule has 0 radical (unpaired) electrons. The van der Waals surface area contributed by atoms with Crippen molar-refractivity contribution in [3.05, 3.63) is 0 Å². The molecule has 0 amide bonds. The zero-order valence-electron chi connectivity index (χ0n) is 12.3. The Kier molecular flexibility index (Phi) is 5.90. The van der Waals surface area contributed by atoms with Gasteiger partial charge in [0.25, 0.3) is 0 Å². The first kappa shape index (κ1) is 14.9. The molecule has 1 N–H and O–H groups in total. The van der Waals surface area contributed by atoms with Gasteiger partial charge in [0, 0.05) is 13.2 Å². The summed E-state index contributed by atoms with van der Waals surface area (Å²) in [4.78, 5) is 2.42. The highest BCUT2D eigenvalue weighted by molar-refractivity contribution is 4.78. The third kappa shape index (κ3) is 5.84. The van der Waals surface area contributed by atoms with Crippen LogP contribution in [0.1, 0.15) is 40.0 Å². The van der Waals surface area contributed by atoms with Crippen LogP contribution in [-0.4, -0.2) is 50.3 Å². The number of rotatable bonds is 6. The van der Waals surface area contributed by atoms with Crippen LogP contribution in [0.25, 0.3) is 0 Å². The largest absolute Gasteiger partial charge is 0.379 e. The molecule has 1 rings (SSSR count). The molecule has 17 heavy (non-hydrogen) atoms. The first-order valence-corrected chi connectivity index (χ1v) is 6.90. The van der Waals surface area contributed by atoms with Crippen LogP contribution in [0.5, 0.6) is 0 Å². The van der Waals surface area contributed by atoms with Gasteiger partial charge in [0.15, 0.2) is 0 Å². The number of hydrogen-bond acceptors (Lipinski definition) is 3. The van der Waals surface area contributed by atoms with E-state index in [-0.39, 0.29) is 5.60 Å². The lowest BCUT2D eigenvalue weighted by Crippen LogP contribution is -2.40. The maximum atomic E-state index is 5.47. The zero-order valence-corrected chi connectivity index (χ0v) is 12.3. The fourth-order valence-electron chi connectivity index (χ4n) is 2.53. The zero-order chi connectivity index (χ0) is 12.9. The molecule has 0 aromatic carbocycles. The molecule has 3 nitrogen and oxygen atoms in total. The van der Waals surface area contributed by atoms with E-state index in [0.29, 0.717) is 6.04 Å². The van der Waals surface area contributed by atoms with Gasteiger partial charge in [-0.25, -0.2) is 0 Å². The van der Waals surface area contributed by atoms with E-state index in [0.717, 1.165) is 18.9 Å². The van der Waals surface area contributed by atoms with Gasteiger partial charge in [0.1, 0.15) is 0 Å². The molecule has 1 aliphatic heterocycles. The number of nitrogens with one attached hydrogen (secondary N) is 1. The predicted molar refractivity (Wildman–Crippen MR) is 73.4 cm³/mol. The van der Waals surface area contributed by atoms with Crippen molar-refractivity contribution in [2.45, 2.75) is 51.7 Å². The molecule has 0 aromatic rings. The van der Waals surface area contributed by atoms with Gasteiger partial charge in [0.2, 0.25) is 0 Å². The summed E-state index contributed by atoms with van der Waals surface area (Å²) in [5.74, 6) is 0.860. The van der Waals surface area contributed by atoms with Gasteiger partial charge >= 0.3 is 0 Å². The second kappa shape index (κ2) is 6.72. The Bertz CT molecular complexity index is 210. The number of hydrogen-bond donors (Lipinski definition) is 1. The number of methoxy groups -OCH3 is 1. The minimum absolute atomic E-state index is 0.0147. The lowest BCUT2D eigenvalue weighted by atomic mass is 9.95. The molecule has 0 aromatic heterocycles. The van der Waals surface area contributed by atoms with Crippen molar-refractivity contribution in [1.82, 2.24) is 10.2 Å². The van der Waals surface area contributed by atoms with E-state index < -0.39 is 0 Å². The van der Waals surface area contributed by atoms with Crippen molar-refractivity contribution in [2.75, 3.05) is 33.8 Å². The molecule has 0 aliphatic carbocycles. The maximum absolute atomic E-state index is 5.47. The van der Waals surface area contributed by atoms with Crippen LogP contribution in [0.2, 0.25) is 0 Å². The maximum Gasteiger partial charge on any atom is 0.0637 e. The fraction of sp³-hybridized carbons (Fsp3) is 1.00. The van der Waals surface area contributed by atoms with E-state index in [1.807, 2.05) is 0 Å². The molecule has 1 saturated heterocycles. The predicted octanol–water partition coefficient (Wildman–Crippen LogP) is 2.12. The van der Waals surface area contributed by atoms with Gasteiger partial charge in [0.05, 0.1) is 5.60 Å². The van der Waals surface area contributed by atoms with Crippen molar-refractivity contribution < 1.29 is 4.74 Å². The highest BCUT2D eigenvalue weighted by Crippen LogP contribution is 2.17. The van der Waals surface area contributed by atoms with Crippen LogP contribution in [-0.2, 0) is 4.74 Å². The third-order valence-corrected chi connectivity index (χ3v) is 3.94. The summed E-state index contributed by atoms with van der Waals surface area (Å²) < 4.78 is 5.47. The Morgan fingerprint density at radius 1 is 1.35 bits per heavy atom. The van der Waals surface area contributed by atoms with Crippen LogP contribution < -0.4 is 5.32 Å². The first-order chi connectivity index (χ1) is 7.93.